The second-order valence-electron chi connectivity index (χ2n) is 2.17. The number of primary amides is 1. The molecular weight excluding hydrogens is 172 g/mol. The van der Waals surface area contributed by atoms with E-state index in [-0.39, 0.29) is 18.7 Å². The lowest BCUT2D eigenvalue weighted by atomic mass is 10.2. The Bertz CT molecular complexity index is 307. The van der Waals surface area contributed by atoms with Gasteiger partial charge in [0.2, 0.25) is 5.91 Å². The van der Waals surface area contributed by atoms with Crippen LogP contribution in [0.25, 0.3) is 0 Å². The minimum absolute atomic E-state index is 0. The fourth-order valence-electron chi connectivity index (χ4n) is 0.773. The monoisotopic (exact) mass is 182 g/mol. The van der Waals surface area contributed by atoms with E-state index in [2.05, 4.69) is 0 Å². The first-order chi connectivity index (χ1) is 5.61. The van der Waals surface area contributed by atoms with Crippen LogP contribution in [0.5, 0.6) is 0 Å². The molecule has 0 radical (unpaired) electrons. The molecule has 1 aromatic carbocycles. The fraction of sp³-hybridized carbons (Fsp3) is 0.125. The van der Waals surface area contributed by atoms with E-state index in [0.717, 1.165) is 6.07 Å². The lowest BCUT2D eigenvalue weighted by Crippen LogP contribution is -2.10. The van der Waals surface area contributed by atoms with E-state index >= 15 is 0 Å². The molecule has 0 heterocycles. The normalized spacial score (nSPS) is 8.62. The van der Waals surface area contributed by atoms with Crippen LogP contribution in [0.3, 0.4) is 0 Å². The third kappa shape index (κ3) is 2.55. The molecule has 0 bridgehead atoms. The van der Waals surface area contributed by atoms with Gasteiger partial charge in [-0.1, -0.05) is 13.5 Å². The number of non-ortho nitro benzene ring substituents is 1. The molecule has 0 aliphatic carbocycles. The Balaban J connectivity index is 0.00000144. The van der Waals surface area contributed by atoms with Crippen LogP contribution in [-0.2, 0) is 0 Å². The average molecular weight is 182 g/mol. The van der Waals surface area contributed by atoms with Crippen molar-refractivity contribution in [3.8, 4) is 0 Å². The van der Waals surface area contributed by atoms with Gasteiger partial charge in [0.15, 0.2) is 0 Å². The summed E-state index contributed by atoms with van der Waals surface area (Å²) in [5, 5.41) is 10.2. The summed E-state index contributed by atoms with van der Waals surface area (Å²) in [5.41, 5.74) is 4.93. The predicted octanol–water partition coefficient (Wildman–Crippen LogP) is 1.33. The molecule has 0 unspecified atom stereocenters. The van der Waals surface area contributed by atoms with E-state index in [4.69, 9.17) is 5.73 Å². The molecule has 1 rings (SSSR count). The van der Waals surface area contributed by atoms with Gasteiger partial charge in [-0.15, -0.1) is 0 Å². The molecule has 0 saturated carbocycles. The Morgan fingerprint density at radius 1 is 1.46 bits per heavy atom. The van der Waals surface area contributed by atoms with E-state index in [9.17, 15) is 14.9 Å². The highest BCUT2D eigenvalue weighted by Crippen LogP contribution is 2.11. The number of nitrogens with zero attached hydrogens (tertiary/aromatic N) is 1. The van der Waals surface area contributed by atoms with Crippen molar-refractivity contribution in [1.29, 1.82) is 0 Å². The number of nitrogens with two attached hydrogens (primary N) is 1. The van der Waals surface area contributed by atoms with E-state index in [0.29, 0.717) is 0 Å². The fourth-order valence-corrected chi connectivity index (χ4v) is 0.773. The average Bonchev–Trinajstić information content (AvgIpc) is 2.04. The van der Waals surface area contributed by atoms with Crippen molar-refractivity contribution < 1.29 is 9.72 Å². The Morgan fingerprint density at radius 2 is 2.08 bits per heavy atom. The SMILES string of the molecule is C.NC(=O)c1cccc([N+](=O)[O-])c1. The summed E-state index contributed by atoms with van der Waals surface area (Å²) < 4.78 is 0. The zero-order valence-corrected chi connectivity index (χ0v) is 6.06. The third-order valence-corrected chi connectivity index (χ3v) is 1.34. The van der Waals surface area contributed by atoms with Crippen molar-refractivity contribution in [3.63, 3.8) is 0 Å². The maximum absolute atomic E-state index is 10.6. The Morgan fingerprint density at radius 3 is 2.54 bits per heavy atom. The van der Waals surface area contributed by atoms with Crippen molar-refractivity contribution in [2.75, 3.05) is 0 Å². The minimum Gasteiger partial charge on any atom is -0.366 e. The second-order valence-corrected chi connectivity index (χ2v) is 2.17. The van der Waals surface area contributed by atoms with Crippen LogP contribution >= 0.6 is 0 Å². The van der Waals surface area contributed by atoms with Gasteiger partial charge in [-0.05, 0) is 6.07 Å². The van der Waals surface area contributed by atoms with Crippen molar-refractivity contribution in [2.45, 2.75) is 7.43 Å². The number of hydrogen-bond donors (Lipinski definition) is 1. The largest absolute Gasteiger partial charge is 0.366 e. The lowest BCUT2D eigenvalue weighted by Gasteiger charge is -1.93. The Hall–Kier alpha value is -1.91. The quantitative estimate of drug-likeness (QED) is 0.552. The van der Waals surface area contributed by atoms with Crippen LogP contribution in [0.15, 0.2) is 24.3 Å². The number of carbonyl (C=O) groups is 1. The molecule has 5 heteroatoms. The standard InChI is InChI=1S/C7H6N2O3.CH4/c8-7(10)5-2-1-3-6(4-5)9(11)12;/h1-4H,(H2,8,10);1H4. The van der Waals surface area contributed by atoms with Crippen molar-refractivity contribution in [2.24, 2.45) is 5.73 Å². The molecule has 1 amide bonds. The van der Waals surface area contributed by atoms with Crippen LogP contribution in [-0.4, -0.2) is 10.8 Å². The summed E-state index contributed by atoms with van der Waals surface area (Å²) in [6, 6.07) is 5.28. The topological polar surface area (TPSA) is 86.2 Å². The lowest BCUT2D eigenvalue weighted by molar-refractivity contribution is -0.384. The summed E-state index contributed by atoms with van der Waals surface area (Å²) in [4.78, 5) is 20.2. The number of carbonyl (C=O) groups excluding carboxylic acids is 1. The van der Waals surface area contributed by atoms with Crippen LogP contribution in [0.4, 0.5) is 5.69 Å². The molecule has 0 fully saturated rings. The molecule has 13 heavy (non-hydrogen) atoms. The maximum atomic E-state index is 10.6. The molecule has 0 atom stereocenters. The third-order valence-electron chi connectivity index (χ3n) is 1.34. The summed E-state index contributed by atoms with van der Waals surface area (Å²) in [7, 11) is 0. The van der Waals surface area contributed by atoms with Crippen molar-refractivity contribution in [3.05, 3.63) is 39.9 Å². The van der Waals surface area contributed by atoms with Crippen LogP contribution < -0.4 is 5.73 Å². The van der Waals surface area contributed by atoms with Crippen molar-refractivity contribution in [1.82, 2.24) is 0 Å². The Kier molecular flexibility index (Phi) is 3.58. The summed E-state index contributed by atoms with van der Waals surface area (Å²) in [6.07, 6.45) is 0. The van der Waals surface area contributed by atoms with Gasteiger partial charge in [-0.2, -0.15) is 0 Å². The first-order valence-electron chi connectivity index (χ1n) is 3.15. The molecule has 0 spiro atoms. The van der Waals surface area contributed by atoms with Crippen LogP contribution in [0.2, 0.25) is 0 Å². The molecule has 0 aliphatic heterocycles. The van der Waals surface area contributed by atoms with Gasteiger partial charge >= 0.3 is 0 Å². The molecule has 1 aromatic rings. The van der Waals surface area contributed by atoms with Crippen LogP contribution in [0.1, 0.15) is 17.8 Å². The summed E-state index contributed by atoms with van der Waals surface area (Å²) in [5.74, 6) is -0.668. The Labute approximate surface area is 75.3 Å². The highest BCUT2D eigenvalue weighted by atomic mass is 16.6. The smallest absolute Gasteiger partial charge is 0.270 e. The first kappa shape index (κ1) is 11.1. The summed E-state index contributed by atoms with van der Waals surface area (Å²) in [6.45, 7) is 0. The highest BCUT2D eigenvalue weighted by molar-refractivity contribution is 5.93. The van der Waals surface area contributed by atoms with Crippen LogP contribution in [0, 0.1) is 10.1 Å². The van der Waals surface area contributed by atoms with Gasteiger partial charge in [0.25, 0.3) is 5.69 Å². The second kappa shape index (κ2) is 4.20. The van der Waals surface area contributed by atoms with E-state index < -0.39 is 10.8 Å². The van der Waals surface area contributed by atoms with Gasteiger partial charge in [-0.25, -0.2) is 0 Å². The van der Waals surface area contributed by atoms with Gasteiger partial charge < -0.3 is 5.73 Å². The molecular formula is C8H10N2O3. The molecule has 5 nitrogen and oxygen atoms in total. The molecule has 2 N–H and O–H groups in total. The summed E-state index contributed by atoms with van der Waals surface area (Å²) >= 11 is 0. The van der Waals surface area contributed by atoms with Gasteiger partial charge in [0.1, 0.15) is 0 Å². The van der Waals surface area contributed by atoms with E-state index in [1.54, 1.807) is 0 Å². The van der Waals surface area contributed by atoms with Gasteiger partial charge in [0.05, 0.1) is 4.92 Å². The molecule has 70 valence electrons. The van der Waals surface area contributed by atoms with Gasteiger partial charge in [-0.3, -0.25) is 14.9 Å². The maximum Gasteiger partial charge on any atom is 0.270 e. The number of nitro benzene ring substituents is 1. The number of nitro groups is 1. The number of amides is 1. The molecule has 0 saturated heterocycles. The van der Waals surface area contributed by atoms with Crippen molar-refractivity contribution >= 4 is 11.6 Å². The predicted molar refractivity (Wildman–Crippen MR) is 48.3 cm³/mol. The molecule has 0 aromatic heterocycles. The zero-order chi connectivity index (χ0) is 9.14. The highest BCUT2D eigenvalue weighted by Gasteiger charge is 2.07. The number of hydrogen-bond acceptors (Lipinski definition) is 3. The van der Waals surface area contributed by atoms with E-state index in [1.165, 1.54) is 18.2 Å². The first-order valence-corrected chi connectivity index (χ1v) is 3.15. The van der Waals surface area contributed by atoms with E-state index in [1.807, 2.05) is 0 Å². The number of rotatable bonds is 2. The van der Waals surface area contributed by atoms with Gasteiger partial charge in [0, 0.05) is 17.7 Å². The minimum atomic E-state index is -0.668. The molecule has 0 aliphatic rings. The zero-order valence-electron chi connectivity index (χ0n) is 6.06. The number of benzene rings is 1.